The average Bonchev–Trinajstić information content (AvgIpc) is 2.54. The molecule has 0 amide bonds. The highest BCUT2D eigenvalue weighted by atomic mass is 32.2. The number of Topliss-reactive ketones (excluding diaryl/α,β-unsaturated/α-hetero) is 1. The third kappa shape index (κ3) is 2.65. The lowest BCUT2D eigenvalue weighted by Gasteiger charge is -2.03. The molecule has 14 heavy (non-hydrogen) atoms. The van der Waals surface area contributed by atoms with E-state index in [4.69, 9.17) is 0 Å². The molecule has 0 bridgehead atoms. The van der Waals surface area contributed by atoms with E-state index in [0.29, 0.717) is 0 Å². The Morgan fingerprint density at radius 3 is 2.57 bits per heavy atom. The fourth-order valence-electron chi connectivity index (χ4n) is 0.866. The molecule has 0 unspecified atom stereocenters. The minimum absolute atomic E-state index is 0.233. The Balaban J connectivity index is 2.84. The molecule has 5 heteroatoms. The first kappa shape index (κ1) is 11.4. The molecule has 0 saturated heterocycles. The molecule has 0 radical (unpaired) electrons. The summed E-state index contributed by atoms with van der Waals surface area (Å²) in [5, 5.41) is 3.23. The second kappa shape index (κ2) is 4.23. The molecular weight excluding hydrogens is 220 g/mol. The van der Waals surface area contributed by atoms with E-state index in [1.807, 2.05) is 0 Å². The summed E-state index contributed by atoms with van der Waals surface area (Å²) < 4.78 is 23.2. The third-order valence-corrected chi connectivity index (χ3v) is 4.30. The van der Waals surface area contributed by atoms with Gasteiger partial charge in [-0.15, -0.1) is 0 Å². The van der Waals surface area contributed by atoms with Crippen LogP contribution in [-0.4, -0.2) is 20.0 Å². The molecule has 1 rings (SSSR count). The molecule has 3 nitrogen and oxygen atoms in total. The molecule has 0 fully saturated rings. The number of carbonyl (C=O) groups is 1. The molecule has 1 heterocycles. The normalized spacial score (nSPS) is 11.9. The van der Waals surface area contributed by atoms with Gasteiger partial charge in [0.25, 0.3) is 0 Å². The fraction of sp³-hybridized carbons (Fsp3) is 0.444. The molecule has 0 saturated carbocycles. The van der Waals surface area contributed by atoms with E-state index in [0.717, 1.165) is 0 Å². The van der Waals surface area contributed by atoms with Crippen molar-refractivity contribution in [1.29, 1.82) is 0 Å². The Bertz CT molecular complexity index is 401. The summed E-state index contributed by atoms with van der Waals surface area (Å²) in [7, 11) is -3.40. The maximum atomic E-state index is 11.6. The van der Waals surface area contributed by atoms with Gasteiger partial charge < -0.3 is 0 Å². The molecular formula is C9H12O3S2. The van der Waals surface area contributed by atoms with Crippen LogP contribution >= 0.6 is 11.3 Å². The zero-order valence-corrected chi connectivity index (χ0v) is 9.69. The molecule has 1 aromatic rings. The van der Waals surface area contributed by atoms with Crippen LogP contribution < -0.4 is 0 Å². The van der Waals surface area contributed by atoms with Crippen LogP contribution in [-0.2, 0) is 14.6 Å². The Morgan fingerprint density at radius 1 is 1.50 bits per heavy atom. The molecule has 1 aromatic heterocycles. The number of ketones is 1. The maximum Gasteiger partial charge on any atom is 0.186 e. The van der Waals surface area contributed by atoms with E-state index < -0.39 is 9.84 Å². The van der Waals surface area contributed by atoms with Gasteiger partial charge in [0, 0.05) is 11.3 Å². The summed E-state index contributed by atoms with van der Waals surface area (Å²) in [5.74, 6) is -0.860. The Labute approximate surface area is 87.7 Å². The largest absolute Gasteiger partial charge is 0.298 e. The van der Waals surface area contributed by atoms with Crippen molar-refractivity contribution in [3.63, 3.8) is 0 Å². The summed E-state index contributed by atoms with van der Waals surface area (Å²) in [5.41, 5.74) is 0. The van der Waals surface area contributed by atoms with Gasteiger partial charge in [-0.25, -0.2) is 8.42 Å². The van der Waals surface area contributed by atoms with Crippen molar-refractivity contribution in [2.75, 3.05) is 5.75 Å². The van der Waals surface area contributed by atoms with Gasteiger partial charge in [-0.1, -0.05) is 13.8 Å². The van der Waals surface area contributed by atoms with Crippen LogP contribution in [0.1, 0.15) is 13.8 Å². The van der Waals surface area contributed by atoms with Crippen LogP contribution in [0.3, 0.4) is 0 Å². The molecule has 0 aliphatic heterocycles. The monoisotopic (exact) mass is 232 g/mol. The minimum atomic E-state index is -3.40. The van der Waals surface area contributed by atoms with E-state index >= 15 is 0 Å². The lowest BCUT2D eigenvalue weighted by molar-refractivity contribution is -0.119. The number of sulfone groups is 1. The first-order valence-corrected chi connectivity index (χ1v) is 6.80. The van der Waals surface area contributed by atoms with Gasteiger partial charge in [0.05, 0.1) is 4.90 Å². The second-order valence-electron chi connectivity index (χ2n) is 3.34. The van der Waals surface area contributed by atoms with E-state index in [1.54, 1.807) is 24.6 Å². The number of thiophene rings is 1. The van der Waals surface area contributed by atoms with Crippen LogP contribution in [0.5, 0.6) is 0 Å². The van der Waals surface area contributed by atoms with E-state index in [-0.39, 0.29) is 22.3 Å². The Hall–Kier alpha value is -0.680. The molecule has 0 atom stereocenters. The van der Waals surface area contributed by atoms with E-state index in [9.17, 15) is 13.2 Å². The van der Waals surface area contributed by atoms with Gasteiger partial charge in [0.2, 0.25) is 0 Å². The predicted molar refractivity (Wildman–Crippen MR) is 56.2 cm³/mol. The molecule has 0 aromatic carbocycles. The Morgan fingerprint density at radius 2 is 2.14 bits per heavy atom. The number of carbonyl (C=O) groups excluding carboxylic acids is 1. The average molecular weight is 232 g/mol. The van der Waals surface area contributed by atoms with Crippen LogP contribution in [0.4, 0.5) is 0 Å². The molecule has 78 valence electrons. The fourth-order valence-corrected chi connectivity index (χ4v) is 3.37. The summed E-state index contributed by atoms with van der Waals surface area (Å²) in [6.45, 7) is 3.40. The minimum Gasteiger partial charge on any atom is -0.298 e. The first-order valence-electron chi connectivity index (χ1n) is 4.21. The van der Waals surface area contributed by atoms with Crippen molar-refractivity contribution in [2.24, 2.45) is 5.92 Å². The number of hydrogen-bond donors (Lipinski definition) is 0. The van der Waals surface area contributed by atoms with E-state index in [2.05, 4.69) is 0 Å². The smallest absolute Gasteiger partial charge is 0.186 e. The number of hydrogen-bond acceptors (Lipinski definition) is 4. The van der Waals surface area contributed by atoms with Crippen molar-refractivity contribution in [2.45, 2.75) is 18.7 Å². The van der Waals surface area contributed by atoms with Crippen molar-refractivity contribution in [3.8, 4) is 0 Å². The second-order valence-corrected chi connectivity index (χ2v) is 6.11. The van der Waals surface area contributed by atoms with Gasteiger partial charge in [-0.3, -0.25) is 4.79 Å². The van der Waals surface area contributed by atoms with Gasteiger partial charge in [0.15, 0.2) is 15.6 Å². The quantitative estimate of drug-likeness (QED) is 0.794. The van der Waals surface area contributed by atoms with E-state index in [1.165, 1.54) is 17.4 Å². The molecule has 0 aliphatic rings. The molecule has 0 N–H and O–H groups in total. The number of rotatable bonds is 4. The van der Waals surface area contributed by atoms with Gasteiger partial charge in [0.1, 0.15) is 5.75 Å². The lowest BCUT2D eigenvalue weighted by atomic mass is 10.1. The summed E-state index contributed by atoms with van der Waals surface area (Å²) >= 11 is 1.31. The zero-order valence-electron chi connectivity index (χ0n) is 8.06. The van der Waals surface area contributed by atoms with Gasteiger partial charge >= 0.3 is 0 Å². The van der Waals surface area contributed by atoms with Crippen LogP contribution in [0.15, 0.2) is 21.7 Å². The van der Waals surface area contributed by atoms with Crippen LogP contribution in [0.2, 0.25) is 0 Å². The topological polar surface area (TPSA) is 51.2 Å². The van der Waals surface area contributed by atoms with Gasteiger partial charge in [-0.2, -0.15) is 11.3 Å². The van der Waals surface area contributed by atoms with Gasteiger partial charge in [-0.05, 0) is 11.4 Å². The SMILES string of the molecule is CC(C)C(=O)CS(=O)(=O)c1ccsc1. The predicted octanol–water partition coefficient (Wildman–Crippen LogP) is 1.75. The van der Waals surface area contributed by atoms with Crippen molar-refractivity contribution < 1.29 is 13.2 Å². The third-order valence-electron chi connectivity index (χ3n) is 1.83. The van der Waals surface area contributed by atoms with Crippen molar-refractivity contribution in [1.82, 2.24) is 0 Å². The highest BCUT2D eigenvalue weighted by molar-refractivity contribution is 7.92. The highest BCUT2D eigenvalue weighted by Crippen LogP contribution is 2.15. The summed E-state index contributed by atoms with van der Waals surface area (Å²) in [6, 6.07) is 1.52. The lowest BCUT2D eigenvalue weighted by Crippen LogP contribution is -2.20. The van der Waals surface area contributed by atoms with Crippen LogP contribution in [0, 0.1) is 5.92 Å². The van der Waals surface area contributed by atoms with Crippen LogP contribution in [0.25, 0.3) is 0 Å². The summed E-state index contributed by atoms with van der Waals surface area (Å²) in [6.07, 6.45) is 0. The molecule has 0 spiro atoms. The highest BCUT2D eigenvalue weighted by Gasteiger charge is 2.21. The standard InChI is InChI=1S/C9H12O3S2/c1-7(2)9(10)6-14(11,12)8-3-4-13-5-8/h3-5,7H,6H2,1-2H3. The zero-order chi connectivity index (χ0) is 10.8. The van der Waals surface area contributed by atoms with Crippen molar-refractivity contribution >= 4 is 27.0 Å². The summed E-state index contributed by atoms with van der Waals surface area (Å²) in [4.78, 5) is 11.5. The maximum absolute atomic E-state index is 11.6. The first-order chi connectivity index (χ1) is 6.43. The van der Waals surface area contributed by atoms with Crippen molar-refractivity contribution in [3.05, 3.63) is 16.8 Å². The molecule has 0 aliphatic carbocycles. The Kier molecular flexibility index (Phi) is 3.44.